The van der Waals surface area contributed by atoms with E-state index in [1.807, 2.05) is 44.2 Å². The molecule has 0 unspecified atom stereocenters. The smallest absolute Gasteiger partial charge is 0.282 e. The molecular weight excluding hydrogens is 392 g/mol. The lowest BCUT2D eigenvalue weighted by atomic mass is 10.0. The van der Waals surface area contributed by atoms with Gasteiger partial charge in [-0.3, -0.25) is 9.59 Å². The first-order valence-corrected chi connectivity index (χ1v) is 10.5. The molecule has 1 heterocycles. The highest BCUT2D eigenvalue weighted by Gasteiger charge is 2.42. The number of nitrogens with zero attached hydrogens (tertiary/aromatic N) is 2. The van der Waals surface area contributed by atoms with Crippen LogP contribution in [0, 0.1) is 19.8 Å². The summed E-state index contributed by atoms with van der Waals surface area (Å²) >= 11 is 0. The van der Waals surface area contributed by atoms with Crippen molar-refractivity contribution in [1.82, 2.24) is 4.90 Å². The van der Waals surface area contributed by atoms with E-state index in [1.54, 1.807) is 24.1 Å². The number of rotatable bonds is 8. The van der Waals surface area contributed by atoms with Crippen LogP contribution >= 0.6 is 0 Å². The summed E-state index contributed by atoms with van der Waals surface area (Å²) in [5, 5.41) is 9.42. The van der Waals surface area contributed by atoms with Gasteiger partial charge in [-0.2, -0.15) is 0 Å². The fourth-order valence-electron chi connectivity index (χ4n) is 3.55. The van der Waals surface area contributed by atoms with Gasteiger partial charge in [0, 0.05) is 13.6 Å². The third-order valence-electron chi connectivity index (χ3n) is 5.21. The zero-order chi connectivity index (χ0) is 22.7. The van der Waals surface area contributed by atoms with Gasteiger partial charge in [-0.25, -0.2) is 4.90 Å². The topological polar surface area (TPSA) is 70.1 Å². The first-order chi connectivity index (χ1) is 14.7. The van der Waals surface area contributed by atoms with E-state index < -0.39 is 0 Å². The maximum absolute atomic E-state index is 13.5. The molecule has 0 radical (unpaired) electrons. The molecule has 0 saturated carbocycles. The predicted octanol–water partition coefficient (Wildman–Crippen LogP) is 3.55. The molecular formula is C25H30N2O4. The fourth-order valence-corrected chi connectivity index (χ4v) is 3.55. The van der Waals surface area contributed by atoms with E-state index in [0.29, 0.717) is 35.1 Å². The van der Waals surface area contributed by atoms with Gasteiger partial charge in [-0.15, -0.1) is 0 Å². The average Bonchev–Trinajstić information content (AvgIpc) is 2.99. The molecule has 0 spiro atoms. The van der Waals surface area contributed by atoms with Crippen molar-refractivity contribution in [2.45, 2.75) is 27.7 Å². The minimum Gasteiger partial charge on any atom is -0.493 e. The second-order valence-electron chi connectivity index (χ2n) is 8.33. The molecule has 1 aliphatic heterocycles. The molecule has 0 aromatic heterocycles. The lowest BCUT2D eigenvalue weighted by Crippen LogP contribution is -2.35. The highest BCUT2D eigenvalue weighted by molar-refractivity contribution is 6.45. The van der Waals surface area contributed by atoms with Crippen LogP contribution in [0.2, 0.25) is 0 Å². The molecule has 0 fully saturated rings. The summed E-state index contributed by atoms with van der Waals surface area (Å²) < 4.78 is 5.74. The van der Waals surface area contributed by atoms with Crippen LogP contribution in [0.3, 0.4) is 0 Å². The standard InChI is InChI=1S/C25H30N2O4/c1-16(2)15-31-20-10-8-19(9-11-20)22-23(26(5)12-13-28)25(30)27(24(22)29)21-14-17(3)6-7-18(21)4/h6-11,14,16,28H,12-13,15H2,1-5H3. The van der Waals surface area contributed by atoms with Crippen LogP contribution in [-0.2, 0) is 9.59 Å². The summed E-state index contributed by atoms with van der Waals surface area (Å²) in [5.41, 5.74) is 3.65. The number of hydrogen-bond donors (Lipinski definition) is 1. The summed E-state index contributed by atoms with van der Waals surface area (Å²) in [6, 6.07) is 12.9. The molecule has 0 bridgehead atoms. The number of amides is 2. The number of aliphatic hydroxyl groups is 1. The number of aryl methyl sites for hydroxylation is 2. The molecule has 3 rings (SSSR count). The highest BCUT2D eigenvalue weighted by Crippen LogP contribution is 2.36. The number of benzene rings is 2. The first-order valence-electron chi connectivity index (χ1n) is 10.5. The summed E-state index contributed by atoms with van der Waals surface area (Å²) in [4.78, 5) is 29.8. The largest absolute Gasteiger partial charge is 0.493 e. The van der Waals surface area contributed by atoms with Crippen molar-refractivity contribution in [1.29, 1.82) is 0 Å². The van der Waals surface area contributed by atoms with Crippen molar-refractivity contribution >= 4 is 23.1 Å². The molecule has 2 aromatic carbocycles. The van der Waals surface area contributed by atoms with E-state index in [2.05, 4.69) is 13.8 Å². The SMILES string of the molecule is Cc1ccc(C)c(N2C(=O)C(c3ccc(OCC(C)C)cc3)=C(N(C)CCO)C2=O)c1. The molecule has 1 aliphatic rings. The normalized spacial score (nSPS) is 14.1. The van der Waals surface area contributed by atoms with Gasteiger partial charge < -0.3 is 14.7 Å². The van der Waals surface area contributed by atoms with E-state index in [4.69, 9.17) is 4.74 Å². The van der Waals surface area contributed by atoms with Crippen molar-refractivity contribution < 1.29 is 19.4 Å². The number of anilines is 1. The molecule has 2 aromatic rings. The Hall–Kier alpha value is -3.12. The van der Waals surface area contributed by atoms with Crippen molar-refractivity contribution in [3.63, 3.8) is 0 Å². The van der Waals surface area contributed by atoms with E-state index in [9.17, 15) is 14.7 Å². The Morgan fingerprint density at radius 2 is 1.71 bits per heavy atom. The third kappa shape index (κ3) is 4.64. The number of carbonyl (C=O) groups is 2. The third-order valence-corrected chi connectivity index (χ3v) is 5.21. The fraction of sp³-hybridized carbons (Fsp3) is 0.360. The van der Waals surface area contributed by atoms with Crippen LogP contribution in [0.4, 0.5) is 5.69 Å². The molecule has 6 heteroatoms. The van der Waals surface area contributed by atoms with Crippen molar-refractivity contribution in [3.05, 3.63) is 64.9 Å². The van der Waals surface area contributed by atoms with Gasteiger partial charge >= 0.3 is 0 Å². The minimum atomic E-state index is -0.384. The van der Waals surface area contributed by atoms with E-state index >= 15 is 0 Å². The van der Waals surface area contributed by atoms with Gasteiger partial charge in [0.2, 0.25) is 0 Å². The average molecular weight is 423 g/mol. The Labute approximate surface area is 183 Å². The van der Waals surface area contributed by atoms with Gasteiger partial charge in [-0.1, -0.05) is 38.1 Å². The Morgan fingerprint density at radius 1 is 1.03 bits per heavy atom. The number of likely N-dealkylation sites (N-methyl/N-ethyl adjacent to an activating group) is 1. The monoisotopic (exact) mass is 422 g/mol. The van der Waals surface area contributed by atoms with Crippen LogP contribution < -0.4 is 9.64 Å². The van der Waals surface area contributed by atoms with Gasteiger partial charge in [0.25, 0.3) is 11.8 Å². The number of carbonyl (C=O) groups excluding carboxylic acids is 2. The maximum Gasteiger partial charge on any atom is 0.282 e. The van der Waals surface area contributed by atoms with Gasteiger partial charge in [-0.05, 0) is 54.7 Å². The molecule has 2 amide bonds. The summed E-state index contributed by atoms with van der Waals surface area (Å²) in [6.45, 7) is 8.68. The van der Waals surface area contributed by atoms with E-state index in [0.717, 1.165) is 11.1 Å². The molecule has 1 N–H and O–H groups in total. The maximum atomic E-state index is 13.5. The zero-order valence-corrected chi connectivity index (χ0v) is 18.8. The molecule has 0 atom stereocenters. The number of hydrogen-bond acceptors (Lipinski definition) is 5. The molecule has 0 aliphatic carbocycles. The second-order valence-corrected chi connectivity index (χ2v) is 8.33. The lowest BCUT2D eigenvalue weighted by Gasteiger charge is -2.21. The lowest BCUT2D eigenvalue weighted by molar-refractivity contribution is -0.120. The highest BCUT2D eigenvalue weighted by atomic mass is 16.5. The Kier molecular flexibility index (Phi) is 6.81. The van der Waals surface area contributed by atoms with Crippen LogP contribution in [-0.4, -0.2) is 48.6 Å². The molecule has 6 nitrogen and oxygen atoms in total. The van der Waals surface area contributed by atoms with Gasteiger partial charge in [0.15, 0.2) is 0 Å². The minimum absolute atomic E-state index is 0.125. The molecule has 0 saturated heterocycles. The Balaban J connectivity index is 2.04. The van der Waals surface area contributed by atoms with Crippen LogP contribution in [0.15, 0.2) is 48.2 Å². The summed E-state index contributed by atoms with van der Waals surface area (Å²) in [5.74, 6) is 0.367. The van der Waals surface area contributed by atoms with Crippen molar-refractivity contribution in [3.8, 4) is 5.75 Å². The van der Waals surface area contributed by atoms with Crippen LogP contribution in [0.1, 0.15) is 30.5 Å². The van der Waals surface area contributed by atoms with Crippen LogP contribution in [0.5, 0.6) is 5.75 Å². The zero-order valence-electron chi connectivity index (χ0n) is 18.8. The van der Waals surface area contributed by atoms with Gasteiger partial charge in [0.1, 0.15) is 11.4 Å². The number of aliphatic hydroxyl groups excluding tert-OH is 1. The van der Waals surface area contributed by atoms with Gasteiger partial charge in [0.05, 0.1) is 24.5 Å². The molecule has 164 valence electrons. The Morgan fingerprint density at radius 3 is 2.32 bits per heavy atom. The van der Waals surface area contributed by atoms with Crippen LogP contribution in [0.25, 0.3) is 5.57 Å². The van der Waals surface area contributed by atoms with Crippen molar-refractivity contribution in [2.24, 2.45) is 5.92 Å². The molecule has 31 heavy (non-hydrogen) atoms. The number of ether oxygens (including phenoxy) is 1. The summed E-state index contributed by atoms with van der Waals surface area (Å²) in [7, 11) is 1.71. The van der Waals surface area contributed by atoms with E-state index in [1.165, 1.54) is 4.90 Å². The van der Waals surface area contributed by atoms with E-state index in [-0.39, 0.29) is 30.7 Å². The van der Waals surface area contributed by atoms with Crippen molar-refractivity contribution in [2.75, 3.05) is 31.7 Å². The Bertz CT molecular complexity index is 1010. The summed E-state index contributed by atoms with van der Waals surface area (Å²) in [6.07, 6.45) is 0. The number of imide groups is 1. The first kappa shape index (κ1) is 22.6. The second kappa shape index (κ2) is 9.35. The quantitative estimate of drug-likeness (QED) is 0.659. The predicted molar refractivity (Wildman–Crippen MR) is 122 cm³/mol.